The van der Waals surface area contributed by atoms with Gasteiger partial charge >= 0.3 is 6.03 Å². The molecule has 0 fully saturated rings. The predicted octanol–water partition coefficient (Wildman–Crippen LogP) is 3.07. The largest absolute Gasteiger partial charge is 0.494 e. The lowest BCUT2D eigenvalue weighted by atomic mass is 10.1. The molecule has 130 valence electrons. The quantitative estimate of drug-likeness (QED) is 0.763. The SMILES string of the molecule is COc1ccc(C(C)NC(=O)Nc2ccc3nc(C)nn3c2)cc1F. The van der Waals surface area contributed by atoms with E-state index >= 15 is 0 Å². The molecule has 7 nitrogen and oxygen atoms in total. The molecule has 0 aliphatic rings. The second-order valence-corrected chi connectivity index (χ2v) is 5.59. The maximum absolute atomic E-state index is 13.8. The molecule has 2 amide bonds. The molecule has 2 aromatic heterocycles. The lowest BCUT2D eigenvalue weighted by Gasteiger charge is -2.16. The highest BCUT2D eigenvalue weighted by molar-refractivity contribution is 5.89. The maximum atomic E-state index is 13.8. The molecule has 0 radical (unpaired) electrons. The van der Waals surface area contributed by atoms with Crippen LogP contribution in [0.1, 0.15) is 24.4 Å². The van der Waals surface area contributed by atoms with Crippen molar-refractivity contribution in [3.63, 3.8) is 0 Å². The number of fused-ring (bicyclic) bond motifs is 1. The van der Waals surface area contributed by atoms with Gasteiger partial charge in [0.05, 0.1) is 25.0 Å². The van der Waals surface area contributed by atoms with Crippen LogP contribution >= 0.6 is 0 Å². The number of aryl methyl sites for hydroxylation is 1. The van der Waals surface area contributed by atoms with Crippen molar-refractivity contribution in [2.24, 2.45) is 0 Å². The highest BCUT2D eigenvalue weighted by atomic mass is 19.1. The van der Waals surface area contributed by atoms with Crippen molar-refractivity contribution in [3.8, 4) is 5.75 Å². The molecule has 1 unspecified atom stereocenters. The zero-order chi connectivity index (χ0) is 18.0. The molecule has 8 heteroatoms. The predicted molar refractivity (Wildman–Crippen MR) is 91.2 cm³/mol. The Labute approximate surface area is 143 Å². The van der Waals surface area contributed by atoms with Crippen molar-refractivity contribution in [2.75, 3.05) is 12.4 Å². The van der Waals surface area contributed by atoms with Crippen LogP contribution in [0, 0.1) is 12.7 Å². The van der Waals surface area contributed by atoms with Crippen LogP contribution in [0.5, 0.6) is 5.75 Å². The number of methoxy groups -OCH3 is 1. The fourth-order valence-electron chi connectivity index (χ4n) is 2.47. The van der Waals surface area contributed by atoms with Gasteiger partial charge in [0.1, 0.15) is 5.82 Å². The minimum Gasteiger partial charge on any atom is -0.494 e. The average molecular weight is 343 g/mol. The molecule has 3 aromatic rings. The average Bonchev–Trinajstić information content (AvgIpc) is 2.93. The highest BCUT2D eigenvalue weighted by Gasteiger charge is 2.13. The number of anilines is 1. The smallest absolute Gasteiger partial charge is 0.319 e. The first kappa shape index (κ1) is 16.7. The van der Waals surface area contributed by atoms with E-state index in [-0.39, 0.29) is 11.8 Å². The maximum Gasteiger partial charge on any atom is 0.319 e. The zero-order valence-corrected chi connectivity index (χ0v) is 14.1. The summed E-state index contributed by atoms with van der Waals surface area (Å²) in [6.45, 7) is 3.56. The van der Waals surface area contributed by atoms with Crippen LogP contribution in [-0.4, -0.2) is 27.7 Å². The van der Waals surface area contributed by atoms with Gasteiger partial charge in [-0.15, -0.1) is 0 Å². The van der Waals surface area contributed by atoms with E-state index in [4.69, 9.17) is 4.74 Å². The molecule has 0 spiro atoms. The van der Waals surface area contributed by atoms with Gasteiger partial charge in [-0.1, -0.05) is 6.07 Å². The second-order valence-electron chi connectivity index (χ2n) is 5.59. The van der Waals surface area contributed by atoms with E-state index in [1.807, 2.05) is 0 Å². The van der Waals surface area contributed by atoms with E-state index in [1.54, 1.807) is 42.8 Å². The van der Waals surface area contributed by atoms with E-state index in [0.717, 1.165) is 0 Å². The summed E-state index contributed by atoms with van der Waals surface area (Å²) in [6, 6.07) is 7.29. The number of urea groups is 1. The summed E-state index contributed by atoms with van der Waals surface area (Å²) >= 11 is 0. The molecule has 2 heterocycles. The van der Waals surface area contributed by atoms with Crippen LogP contribution in [0.25, 0.3) is 5.65 Å². The Morgan fingerprint density at radius 1 is 1.32 bits per heavy atom. The Kier molecular flexibility index (Phi) is 4.51. The number of ether oxygens (including phenoxy) is 1. The van der Waals surface area contributed by atoms with Crippen LogP contribution in [0.15, 0.2) is 36.5 Å². The number of carbonyl (C=O) groups is 1. The third-order valence-electron chi connectivity index (χ3n) is 3.72. The van der Waals surface area contributed by atoms with Gasteiger partial charge in [0.15, 0.2) is 17.2 Å². The lowest BCUT2D eigenvalue weighted by molar-refractivity contribution is 0.249. The number of hydrogen-bond acceptors (Lipinski definition) is 4. The number of halogens is 1. The third kappa shape index (κ3) is 3.68. The van der Waals surface area contributed by atoms with E-state index in [0.29, 0.717) is 22.7 Å². The summed E-state index contributed by atoms with van der Waals surface area (Å²) in [5, 5.41) is 9.68. The van der Waals surface area contributed by atoms with Crippen LogP contribution in [0.3, 0.4) is 0 Å². The van der Waals surface area contributed by atoms with Crippen molar-refractivity contribution < 1.29 is 13.9 Å². The topological polar surface area (TPSA) is 80.5 Å². The van der Waals surface area contributed by atoms with Gasteiger partial charge in [-0.05, 0) is 43.7 Å². The first-order valence-corrected chi connectivity index (χ1v) is 7.70. The van der Waals surface area contributed by atoms with Gasteiger partial charge in [0, 0.05) is 0 Å². The van der Waals surface area contributed by atoms with Gasteiger partial charge in [-0.2, -0.15) is 5.10 Å². The number of pyridine rings is 1. The molecule has 0 saturated carbocycles. The molecule has 1 atom stereocenters. The molecule has 0 aliphatic carbocycles. The fourth-order valence-corrected chi connectivity index (χ4v) is 2.47. The van der Waals surface area contributed by atoms with Crippen LogP contribution in [-0.2, 0) is 0 Å². The number of nitrogens with one attached hydrogen (secondary N) is 2. The van der Waals surface area contributed by atoms with Gasteiger partial charge in [0.2, 0.25) is 0 Å². The van der Waals surface area contributed by atoms with Crippen LogP contribution < -0.4 is 15.4 Å². The van der Waals surface area contributed by atoms with Gasteiger partial charge < -0.3 is 15.4 Å². The summed E-state index contributed by atoms with van der Waals surface area (Å²) in [7, 11) is 1.40. The first-order chi connectivity index (χ1) is 12.0. The number of hydrogen-bond donors (Lipinski definition) is 2. The van der Waals surface area contributed by atoms with Gasteiger partial charge in [-0.3, -0.25) is 0 Å². The summed E-state index contributed by atoms with van der Waals surface area (Å²) in [4.78, 5) is 16.4. The van der Waals surface area contributed by atoms with Crippen molar-refractivity contribution in [1.82, 2.24) is 19.9 Å². The van der Waals surface area contributed by atoms with Crippen LogP contribution in [0.2, 0.25) is 0 Å². The Hall–Kier alpha value is -3.16. The van der Waals surface area contributed by atoms with E-state index in [9.17, 15) is 9.18 Å². The molecule has 0 bridgehead atoms. The van der Waals surface area contributed by atoms with Gasteiger partial charge in [-0.25, -0.2) is 18.7 Å². The zero-order valence-electron chi connectivity index (χ0n) is 14.1. The Morgan fingerprint density at radius 2 is 2.12 bits per heavy atom. The van der Waals surface area contributed by atoms with Gasteiger partial charge in [0.25, 0.3) is 0 Å². The van der Waals surface area contributed by atoms with E-state index < -0.39 is 11.8 Å². The second kappa shape index (κ2) is 6.76. The van der Waals surface area contributed by atoms with E-state index in [1.165, 1.54) is 19.2 Å². The molecular formula is C17H18FN5O2. The number of nitrogens with zero attached hydrogens (tertiary/aromatic N) is 3. The number of benzene rings is 1. The Bertz CT molecular complexity index is 925. The lowest BCUT2D eigenvalue weighted by Crippen LogP contribution is -2.31. The van der Waals surface area contributed by atoms with E-state index in [2.05, 4.69) is 20.7 Å². The summed E-state index contributed by atoms with van der Waals surface area (Å²) < 4.78 is 20.3. The molecule has 25 heavy (non-hydrogen) atoms. The summed E-state index contributed by atoms with van der Waals surface area (Å²) in [6.07, 6.45) is 1.67. The van der Waals surface area contributed by atoms with Crippen molar-refractivity contribution in [1.29, 1.82) is 0 Å². The molecular weight excluding hydrogens is 325 g/mol. The van der Waals surface area contributed by atoms with Crippen molar-refractivity contribution in [3.05, 3.63) is 53.7 Å². The Balaban J connectivity index is 1.67. The number of carbonyl (C=O) groups excluding carboxylic acids is 1. The molecule has 0 aliphatic heterocycles. The highest BCUT2D eigenvalue weighted by Crippen LogP contribution is 2.21. The molecule has 2 N–H and O–H groups in total. The summed E-state index contributed by atoms with van der Waals surface area (Å²) in [5.74, 6) is 0.342. The molecule has 0 saturated heterocycles. The first-order valence-electron chi connectivity index (χ1n) is 7.70. The summed E-state index contributed by atoms with van der Waals surface area (Å²) in [5.41, 5.74) is 1.91. The minimum absolute atomic E-state index is 0.164. The monoisotopic (exact) mass is 343 g/mol. The normalized spacial score (nSPS) is 12.0. The number of aromatic nitrogens is 3. The van der Waals surface area contributed by atoms with Crippen molar-refractivity contribution >= 4 is 17.4 Å². The van der Waals surface area contributed by atoms with Crippen LogP contribution in [0.4, 0.5) is 14.9 Å². The number of rotatable bonds is 4. The fraction of sp³-hybridized carbons (Fsp3) is 0.235. The minimum atomic E-state index is -0.471. The molecule has 3 rings (SSSR count). The Morgan fingerprint density at radius 3 is 2.84 bits per heavy atom. The van der Waals surface area contributed by atoms with Crippen molar-refractivity contribution in [2.45, 2.75) is 19.9 Å². The third-order valence-corrected chi connectivity index (χ3v) is 3.72. The standard InChI is InChI=1S/C17H18FN5O2/c1-10(12-4-6-15(25-3)14(18)8-12)19-17(24)21-13-5-7-16-20-11(2)22-23(16)9-13/h4-10H,1-3H3,(H2,19,21,24). The molecule has 1 aromatic carbocycles. The number of amides is 2.